The zero-order valence-electron chi connectivity index (χ0n) is 14.3. The van der Waals surface area contributed by atoms with Crippen LogP contribution in [0.4, 0.5) is 20.2 Å². The largest absolute Gasteiger partial charge is 0.493 e. The van der Waals surface area contributed by atoms with Crippen molar-refractivity contribution in [2.45, 2.75) is 6.61 Å². The average Bonchev–Trinajstić information content (AvgIpc) is 2.65. The number of nitrogens with one attached hydrogen (secondary N) is 1. The molecule has 0 aliphatic carbocycles. The molecule has 0 radical (unpaired) electrons. The van der Waals surface area contributed by atoms with Crippen molar-refractivity contribution in [2.75, 3.05) is 23.9 Å². The number of alkyl halides is 2. The molecule has 0 fully saturated rings. The van der Waals surface area contributed by atoms with E-state index < -0.39 is 12.5 Å². The molecule has 2 aromatic carbocycles. The summed E-state index contributed by atoms with van der Waals surface area (Å²) in [6.07, 6.45) is 2.54. The number of carbonyl (C=O) groups excluding carboxylic acids is 2. The highest BCUT2D eigenvalue weighted by Crippen LogP contribution is 2.34. The van der Waals surface area contributed by atoms with Gasteiger partial charge >= 0.3 is 6.61 Å². The van der Waals surface area contributed by atoms with Crippen molar-refractivity contribution in [3.8, 4) is 11.5 Å². The Labute approximate surface area is 154 Å². The molecule has 3 rings (SSSR count). The molecule has 0 spiro atoms. The minimum atomic E-state index is -3.04. The van der Waals surface area contributed by atoms with Gasteiger partial charge in [0, 0.05) is 11.6 Å². The van der Waals surface area contributed by atoms with Crippen molar-refractivity contribution in [1.82, 2.24) is 0 Å². The average molecular weight is 374 g/mol. The normalized spacial score (nSPS) is 13.5. The molecule has 0 bridgehead atoms. The van der Waals surface area contributed by atoms with Crippen LogP contribution in [0.3, 0.4) is 0 Å². The fraction of sp³-hybridized carbons (Fsp3) is 0.158. The number of amides is 2. The number of para-hydroxylation sites is 3. The van der Waals surface area contributed by atoms with E-state index >= 15 is 0 Å². The Bertz CT molecular complexity index is 899. The Balaban J connectivity index is 1.89. The van der Waals surface area contributed by atoms with E-state index in [-0.39, 0.29) is 29.5 Å². The zero-order chi connectivity index (χ0) is 19.4. The Morgan fingerprint density at radius 1 is 1.22 bits per heavy atom. The number of carbonyl (C=O) groups is 2. The van der Waals surface area contributed by atoms with Crippen LogP contribution in [0.15, 0.2) is 48.5 Å². The summed E-state index contributed by atoms with van der Waals surface area (Å²) < 4.78 is 34.9. The molecular weight excluding hydrogens is 358 g/mol. The molecule has 2 amide bonds. The smallest absolute Gasteiger partial charge is 0.387 e. The maximum Gasteiger partial charge on any atom is 0.387 e. The van der Waals surface area contributed by atoms with Gasteiger partial charge in [-0.25, -0.2) is 0 Å². The fourth-order valence-electron chi connectivity index (χ4n) is 2.72. The van der Waals surface area contributed by atoms with Crippen LogP contribution in [0.5, 0.6) is 11.5 Å². The number of benzene rings is 2. The van der Waals surface area contributed by atoms with Crippen LogP contribution in [0, 0.1) is 0 Å². The monoisotopic (exact) mass is 374 g/mol. The van der Waals surface area contributed by atoms with E-state index in [0.29, 0.717) is 11.4 Å². The maximum absolute atomic E-state index is 12.7. The van der Waals surface area contributed by atoms with E-state index in [4.69, 9.17) is 4.74 Å². The van der Waals surface area contributed by atoms with E-state index in [1.54, 1.807) is 30.3 Å². The van der Waals surface area contributed by atoms with Crippen LogP contribution in [-0.2, 0) is 9.59 Å². The lowest BCUT2D eigenvalue weighted by Crippen LogP contribution is -2.41. The number of methoxy groups -OCH3 is 1. The Kier molecular flexibility index (Phi) is 5.35. The van der Waals surface area contributed by atoms with E-state index in [1.165, 1.54) is 36.3 Å². The third kappa shape index (κ3) is 4.05. The van der Waals surface area contributed by atoms with Gasteiger partial charge in [0.25, 0.3) is 5.91 Å². The topological polar surface area (TPSA) is 67.9 Å². The van der Waals surface area contributed by atoms with Crippen molar-refractivity contribution < 1.29 is 27.8 Å². The second kappa shape index (κ2) is 7.86. The predicted octanol–water partition coefficient (Wildman–Crippen LogP) is 3.30. The SMILES string of the molecule is COc1cccc(/C=C/C(=O)N2CC(=O)Nc3ccccc32)c1OC(F)F. The Morgan fingerprint density at radius 2 is 2.00 bits per heavy atom. The van der Waals surface area contributed by atoms with Crippen molar-refractivity contribution in [2.24, 2.45) is 0 Å². The zero-order valence-corrected chi connectivity index (χ0v) is 14.3. The summed E-state index contributed by atoms with van der Waals surface area (Å²) in [7, 11) is 1.33. The molecule has 0 saturated heterocycles. The summed E-state index contributed by atoms with van der Waals surface area (Å²) in [4.78, 5) is 25.7. The lowest BCUT2D eigenvalue weighted by molar-refractivity contribution is -0.119. The van der Waals surface area contributed by atoms with Crippen molar-refractivity contribution in [1.29, 1.82) is 0 Å². The number of hydrogen-bond donors (Lipinski definition) is 1. The summed E-state index contributed by atoms with van der Waals surface area (Å²) in [6.45, 7) is -3.18. The summed E-state index contributed by atoms with van der Waals surface area (Å²) >= 11 is 0. The number of rotatable bonds is 5. The van der Waals surface area contributed by atoms with Gasteiger partial charge in [0.2, 0.25) is 5.91 Å². The first-order chi connectivity index (χ1) is 13.0. The third-order valence-electron chi connectivity index (χ3n) is 3.88. The molecule has 0 aromatic heterocycles. The standard InChI is InChI=1S/C19H16F2N2O4/c1-26-15-8-4-5-12(18(15)27-19(20)21)9-10-17(25)23-11-16(24)22-13-6-2-3-7-14(13)23/h2-10,19H,11H2,1H3,(H,22,24)/b10-9+. The third-order valence-corrected chi connectivity index (χ3v) is 3.88. The number of ether oxygens (including phenoxy) is 2. The summed E-state index contributed by atoms with van der Waals surface area (Å²) in [6, 6.07) is 11.5. The van der Waals surface area contributed by atoms with Gasteiger partial charge in [-0.1, -0.05) is 24.3 Å². The molecule has 2 aromatic rings. The van der Waals surface area contributed by atoms with Gasteiger partial charge in [-0.05, 0) is 24.3 Å². The minimum Gasteiger partial charge on any atom is -0.493 e. The van der Waals surface area contributed by atoms with Crippen LogP contribution in [0.25, 0.3) is 6.08 Å². The summed E-state index contributed by atoms with van der Waals surface area (Å²) in [5, 5.41) is 2.69. The first kappa shape index (κ1) is 18.4. The van der Waals surface area contributed by atoms with Crippen LogP contribution in [0.2, 0.25) is 0 Å². The number of halogens is 2. The molecule has 0 atom stereocenters. The van der Waals surface area contributed by atoms with E-state index in [9.17, 15) is 18.4 Å². The molecule has 140 valence electrons. The predicted molar refractivity (Wildman–Crippen MR) is 96.1 cm³/mol. The summed E-state index contributed by atoms with van der Waals surface area (Å²) in [5.74, 6) is -0.842. The molecule has 1 aliphatic heterocycles. The van der Waals surface area contributed by atoms with Crippen LogP contribution in [-0.4, -0.2) is 32.1 Å². The van der Waals surface area contributed by atoms with Crippen LogP contribution >= 0.6 is 0 Å². The highest BCUT2D eigenvalue weighted by Gasteiger charge is 2.25. The second-order valence-corrected chi connectivity index (χ2v) is 5.58. The minimum absolute atomic E-state index is 0.118. The fourth-order valence-corrected chi connectivity index (χ4v) is 2.72. The van der Waals surface area contributed by atoms with Crippen molar-refractivity contribution in [3.05, 3.63) is 54.1 Å². The highest BCUT2D eigenvalue weighted by molar-refractivity contribution is 6.13. The molecule has 27 heavy (non-hydrogen) atoms. The van der Waals surface area contributed by atoms with Gasteiger partial charge in [0.15, 0.2) is 11.5 Å². The van der Waals surface area contributed by atoms with Gasteiger partial charge in [-0.15, -0.1) is 0 Å². The molecular formula is C19H16F2N2O4. The first-order valence-corrected chi connectivity index (χ1v) is 8.00. The number of hydrogen-bond acceptors (Lipinski definition) is 4. The molecule has 1 heterocycles. The first-order valence-electron chi connectivity index (χ1n) is 8.00. The Morgan fingerprint density at radius 3 is 2.74 bits per heavy atom. The van der Waals surface area contributed by atoms with E-state index in [1.807, 2.05) is 0 Å². The quantitative estimate of drug-likeness (QED) is 0.816. The van der Waals surface area contributed by atoms with Crippen molar-refractivity contribution >= 4 is 29.3 Å². The number of nitrogens with zero attached hydrogens (tertiary/aromatic N) is 1. The van der Waals surface area contributed by atoms with E-state index in [0.717, 1.165) is 0 Å². The lowest BCUT2D eigenvalue weighted by Gasteiger charge is -2.28. The highest BCUT2D eigenvalue weighted by atomic mass is 19.3. The number of anilines is 2. The maximum atomic E-state index is 12.7. The molecule has 8 heteroatoms. The Hall–Kier alpha value is -3.42. The summed E-state index contributed by atoms with van der Waals surface area (Å²) in [5.41, 5.74) is 1.33. The molecule has 6 nitrogen and oxygen atoms in total. The molecule has 0 unspecified atom stereocenters. The van der Waals surface area contributed by atoms with Gasteiger partial charge in [-0.2, -0.15) is 8.78 Å². The van der Waals surface area contributed by atoms with Crippen molar-refractivity contribution in [3.63, 3.8) is 0 Å². The van der Waals surface area contributed by atoms with Gasteiger partial charge in [0.1, 0.15) is 6.54 Å². The van der Waals surface area contributed by atoms with Crippen LogP contribution in [0.1, 0.15) is 5.56 Å². The number of fused-ring (bicyclic) bond motifs is 1. The second-order valence-electron chi connectivity index (χ2n) is 5.58. The molecule has 1 aliphatic rings. The van der Waals surface area contributed by atoms with Gasteiger partial charge in [-0.3, -0.25) is 14.5 Å². The van der Waals surface area contributed by atoms with Gasteiger partial charge < -0.3 is 14.8 Å². The van der Waals surface area contributed by atoms with Crippen LogP contribution < -0.4 is 19.7 Å². The van der Waals surface area contributed by atoms with E-state index in [2.05, 4.69) is 10.1 Å². The van der Waals surface area contributed by atoms with Gasteiger partial charge in [0.05, 0.1) is 18.5 Å². The lowest BCUT2D eigenvalue weighted by atomic mass is 10.1. The molecule has 0 saturated carbocycles. The molecule has 1 N–H and O–H groups in total.